The monoisotopic (exact) mass is 282 g/mol. The van der Waals surface area contributed by atoms with Crippen molar-refractivity contribution in [2.75, 3.05) is 13.1 Å². The lowest BCUT2D eigenvalue weighted by molar-refractivity contribution is 0.0546. The molecule has 21 heavy (non-hydrogen) atoms. The van der Waals surface area contributed by atoms with Crippen molar-refractivity contribution in [3.63, 3.8) is 0 Å². The molecule has 2 atom stereocenters. The number of nitrogens with two attached hydrogens (primary N) is 1. The lowest BCUT2D eigenvalue weighted by Crippen LogP contribution is -2.46. The number of fused-ring (bicyclic) bond motifs is 1. The van der Waals surface area contributed by atoms with Crippen LogP contribution in [0.1, 0.15) is 49.7 Å². The molecule has 1 aromatic carbocycles. The lowest BCUT2D eigenvalue weighted by atomic mass is 9.78. The minimum atomic E-state index is 0.433. The van der Waals surface area contributed by atoms with Gasteiger partial charge in [-0.15, -0.1) is 0 Å². The molecule has 0 bridgehead atoms. The van der Waals surface area contributed by atoms with E-state index in [1.165, 1.54) is 50.6 Å². The standard InChI is InChI=1S/C19H26N2/c20-13-5-10-16-7-1-2-9-18(16)15-21-14-6-11-17-8-3-4-12-19(17)21/h1-2,7,9,17,19H,3-4,6,8,11-15,20H2. The summed E-state index contributed by atoms with van der Waals surface area (Å²) >= 11 is 0. The molecular formula is C19H26N2. The number of hydrogen-bond acceptors (Lipinski definition) is 2. The zero-order chi connectivity index (χ0) is 14.5. The molecule has 1 aromatic rings. The van der Waals surface area contributed by atoms with Gasteiger partial charge in [0.05, 0.1) is 6.54 Å². The summed E-state index contributed by atoms with van der Waals surface area (Å²) in [6.45, 7) is 2.74. The average Bonchev–Trinajstić information content (AvgIpc) is 2.54. The maximum Gasteiger partial charge on any atom is 0.0555 e. The Morgan fingerprint density at radius 1 is 1.10 bits per heavy atom. The number of rotatable bonds is 2. The Morgan fingerprint density at radius 3 is 2.81 bits per heavy atom. The molecule has 1 saturated carbocycles. The van der Waals surface area contributed by atoms with Crippen LogP contribution in [0.3, 0.4) is 0 Å². The third-order valence-corrected chi connectivity index (χ3v) is 5.07. The Labute approximate surface area is 128 Å². The summed E-state index contributed by atoms with van der Waals surface area (Å²) < 4.78 is 0. The SMILES string of the molecule is NCC#Cc1ccccc1CN1CCCC2CCCCC21. The smallest absolute Gasteiger partial charge is 0.0555 e. The molecule has 3 rings (SSSR count). The van der Waals surface area contributed by atoms with Gasteiger partial charge in [0.1, 0.15) is 0 Å². The maximum atomic E-state index is 5.51. The number of nitrogens with zero attached hydrogens (tertiary/aromatic N) is 1. The Bertz CT molecular complexity index is 524. The van der Waals surface area contributed by atoms with Crippen LogP contribution in [0.25, 0.3) is 0 Å². The summed E-state index contributed by atoms with van der Waals surface area (Å²) in [5, 5.41) is 0. The van der Waals surface area contributed by atoms with Crippen molar-refractivity contribution in [2.24, 2.45) is 11.7 Å². The predicted molar refractivity (Wildman–Crippen MR) is 87.8 cm³/mol. The Morgan fingerprint density at radius 2 is 1.90 bits per heavy atom. The first-order valence-electron chi connectivity index (χ1n) is 8.39. The van der Waals surface area contributed by atoms with E-state index in [2.05, 4.69) is 41.0 Å². The van der Waals surface area contributed by atoms with Gasteiger partial charge >= 0.3 is 0 Å². The van der Waals surface area contributed by atoms with Crippen molar-refractivity contribution in [3.8, 4) is 11.8 Å². The number of likely N-dealkylation sites (tertiary alicyclic amines) is 1. The minimum absolute atomic E-state index is 0.433. The van der Waals surface area contributed by atoms with E-state index in [1.54, 1.807) is 0 Å². The van der Waals surface area contributed by atoms with Crippen molar-refractivity contribution in [1.82, 2.24) is 4.90 Å². The molecular weight excluding hydrogens is 256 g/mol. The lowest BCUT2D eigenvalue weighted by Gasteiger charge is -2.44. The number of hydrogen-bond donors (Lipinski definition) is 1. The van der Waals surface area contributed by atoms with Gasteiger partial charge in [0.2, 0.25) is 0 Å². The first kappa shape index (κ1) is 14.6. The topological polar surface area (TPSA) is 29.3 Å². The van der Waals surface area contributed by atoms with E-state index in [0.717, 1.165) is 24.1 Å². The summed E-state index contributed by atoms with van der Waals surface area (Å²) in [4.78, 5) is 2.72. The second-order valence-electron chi connectivity index (χ2n) is 6.39. The molecule has 1 aliphatic carbocycles. The van der Waals surface area contributed by atoms with Crippen LogP contribution in [-0.2, 0) is 6.54 Å². The molecule has 0 aromatic heterocycles. The molecule has 2 nitrogen and oxygen atoms in total. The molecule has 0 spiro atoms. The molecule has 2 fully saturated rings. The summed E-state index contributed by atoms with van der Waals surface area (Å²) in [7, 11) is 0. The van der Waals surface area contributed by atoms with Gasteiger partial charge in [-0.3, -0.25) is 4.90 Å². The van der Waals surface area contributed by atoms with Crippen LogP contribution in [0.15, 0.2) is 24.3 Å². The van der Waals surface area contributed by atoms with Gasteiger partial charge in [0.15, 0.2) is 0 Å². The van der Waals surface area contributed by atoms with Gasteiger partial charge in [0, 0.05) is 18.2 Å². The molecule has 2 aliphatic rings. The predicted octanol–water partition coefficient (Wildman–Crippen LogP) is 3.15. The molecule has 1 heterocycles. The average molecular weight is 282 g/mol. The summed E-state index contributed by atoms with van der Waals surface area (Å²) in [5.41, 5.74) is 8.03. The van der Waals surface area contributed by atoms with E-state index in [9.17, 15) is 0 Å². The van der Waals surface area contributed by atoms with Crippen molar-refractivity contribution in [3.05, 3.63) is 35.4 Å². The highest BCUT2D eigenvalue weighted by Crippen LogP contribution is 2.36. The van der Waals surface area contributed by atoms with Crippen LogP contribution < -0.4 is 5.73 Å². The molecule has 0 radical (unpaired) electrons. The quantitative estimate of drug-likeness (QED) is 0.844. The van der Waals surface area contributed by atoms with E-state index in [1.807, 2.05) is 0 Å². The van der Waals surface area contributed by atoms with E-state index in [4.69, 9.17) is 5.73 Å². The summed E-state index contributed by atoms with van der Waals surface area (Å²) in [6.07, 6.45) is 8.48. The van der Waals surface area contributed by atoms with Gasteiger partial charge in [-0.1, -0.05) is 42.9 Å². The number of piperidine rings is 1. The van der Waals surface area contributed by atoms with Crippen LogP contribution in [0.4, 0.5) is 0 Å². The van der Waals surface area contributed by atoms with Crippen LogP contribution in [0, 0.1) is 17.8 Å². The Hall–Kier alpha value is -1.30. The molecule has 0 amide bonds. The third kappa shape index (κ3) is 3.48. The molecule has 1 aliphatic heterocycles. The Balaban J connectivity index is 1.76. The second kappa shape index (κ2) is 7.11. The molecule has 2 unspecified atom stereocenters. The molecule has 112 valence electrons. The zero-order valence-electron chi connectivity index (χ0n) is 12.9. The maximum absolute atomic E-state index is 5.51. The summed E-state index contributed by atoms with van der Waals surface area (Å²) in [6, 6.07) is 9.37. The fourth-order valence-corrected chi connectivity index (χ4v) is 4.07. The highest BCUT2D eigenvalue weighted by Gasteiger charge is 2.33. The Kier molecular flexibility index (Phi) is 4.95. The molecule has 2 N–H and O–H groups in total. The van der Waals surface area contributed by atoms with Crippen molar-refractivity contribution in [2.45, 2.75) is 51.1 Å². The van der Waals surface area contributed by atoms with Crippen LogP contribution in [0.2, 0.25) is 0 Å². The molecule has 1 saturated heterocycles. The molecule has 2 heteroatoms. The highest BCUT2D eigenvalue weighted by atomic mass is 15.2. The van der Waals surface area contributed by atoms with E-state index < -0.39 is 0 Å². The van der Waals surface area contributed by atoms with Gasteiger partial charge in [-0.2, -0.15) is 0 Å². The minimum Gasteiger partial charge on any atom is -0.320 e. The second-order valence-corrected chi connectivity index (χ2v) is 6.39. The van der Waals surface area contributed by atoms with Gasteiger partial charge in [-0.05, 0) is 49.8 Å². The third-order valence-electron chi connectivity index (χ3n) is 5.07. The van der Waals surface area contributed by atoms with E-state index in [-0.39, 0.29) is 0 Å². The van der Waals surface area contributed by atoms with E-state index in [0.29, 0.717) is 6.54 Å². The van der Waals surface area contributed by atoms with Crippen molar-refractivity contribution in [1.29, 1.82) is 0 Å². The van der Waals surface area contributed by atoms with Crippen LogP contribution in [0.5, 0.6) is 0 Å². The van der Waals surface area contributed by atoms with Gasteiger partial charge in [0.25, 0.3) is 0 Å². The number of benzene rings is 1. The van der Waals surface area contributed by atoms with Crippen molar-refractivity contribution >= 4 is 0 Å². The fourth-order valence-electron chi connectivity index (χ4n) is 4.07. The van der Waals surface area contributed by atoms with Gasteiger partial charge < -0.3 is 5.73 Å². The largest absolute Gasteiger partial charge is 0.320 e. The normalized spacial score (nSPS) is 25.8. The summed E-state index contributed by atoms with van der Waals surface area (Å²) in [5.74, 6) is 7.17. The van der Waals surface area contributed by atoms with Crippen LogP contribution >= 0.6 is 0 Å². The van der Waals surface area contributed by atoms with Crippen molar-refractivity contribution < 1.29 is 0 Å². The fraction of sp³-hybridized carbons (Fsp3) is 0.579. The highest BCUT2D eigenvalue weighted by molar-refractivity contribution is 5.41. The van der Waals surface area contributed by atoms with Gasteiger partial charge in [-0.25, -0.2) is 0 Å². The first-order chi connectivity index (χ1) is 10.4. The first-order valence-corrected chi connectivity index (χ1v) is 8.39. The van der Waals surface area contributed by atoms with Crippen LogP contribution in [-0.4, -0.2) is 24.0 Å². The zero-order valence-corrected chi connectivity index (χ0v) is 12.9. The van der Waals surface area contributed by atoms with E-state index >= 15 is 0 Å².